The average molecular weight is 216 g/mol. The number of ether oxygens (including phenoxy) is 2. The van der Waals surface area contributed by atoms with Crippen LogP contribution in [0.25, 0.3) is 0 Å². The molecule has 4 nitrogen and oxygen atoms in total. The fourth-order valence-corrected chi connectivity index (χ4v) is 2.07. The van der Waals surface area contributed by atoms with Gasteiger partial charge in [0.05, 0.1) is 12.7 Å². The number of nitrogens with one attached hydrogen (secondary N) is 1. The van der Waals surface area contributed by atoms with Crippen molar-refractivity contribution in [1.82, 2.24) is 5.43 Å². The number of methoxy groups -OCH3 is 1. The highest BCUT2D eigenvalue weighted by Crippen LogP contribution is 2.20. The molecule has 0 spiro atoms. The smallest absolute Gasteiger partial charge is 0.0543 e. The lowest BCUT2D eigenvalue weighted by molar-refractivity contribution is 0.0334. The molecule has 0 bridgehead atoms. The first-order valence-electron chi connectivity index (χ1n) is 5.84. The summed E-state index contributed by atoms with van der Waals surface area (Å²) in [5.74, 6) is 6.15. The van der Waals surface area contributed by atoms with Gasteiger partial charge in [-0.1, -0.05) is 0 Å². The van der Waals surface area contributed by atoms with Crippen LogP contribution in [-0.2, 0) is 9.47 Å². The van der Waals surface area contributed by atoms with E-state index in [1.165, 1.54) is 6.42 Å². The first-order valence-corrected chi connectivity index (χ1v) is 5.84. The van der Waals surface area contributed by atoms with Crippen LogP contribution < -0.4 is 11.3 Å². The van der Waals surface area contributed by atoms with Crippen molar-refractivity contribution in [2.24, 2.45) is 11.8 Å². The second-order valence-electron chi connectivity index (χ2n) is 4.37. The molecule has 1 heterocycles. The molecule has 0 amide bonds. The molecule has 1 fully saturated rings. The van der Waals surface area contributed by atoms with Crippen molar-refractivity contribution in [3.63, 3.8) is 0 Å². The van der Waals surface area contributed by atoms with Crippen molar-refractivity contribution in [2.75, 3.05) is 20.3 Å². The third kappa shape index (κ3) is 4.47. The molecular weight excluding hydrogens is 192 g/mol. The second kappa shape index (κ2) is 7.17. The van der Waals surface area contributed by atoms with Gasteiger partial charge >= 0.3 is 0 Å². The summed E-state index contributed by atoms with van der Waals surface area (Å²) in [6, 6.07) is 0.364. The average Bonchev–Trinajstić information content (AvgIpc) is 2.31. The Labute approximate surface area is 92.5 Å². The van der Waals surface area contributed by atoms with Gasteiger partial charge < -0.3 is 9.47 Å². The molecule has 0 saturated carbocycles. The summed E-state index contributed by atoms with van der Waals surface area (Å²) >= 11 is 0. The fraction of sp³-hybridized carbons (Fsp3) is 1.00. The van der Waals surface area contributed by atoms with Crippen LogP contribution in [0.1, 0.15) is 32.6 Å². The summed E-state index contributed by atoms with van der Waals surface area (Å²) in [4.78, 5) is 0. The standard InChI is InChI=1S/C11H24N2O2/c1-9(14-2)5-6-11(13-12)10-4-3-7-15-8-10/h9-11,13H,3-8,12H2,1-2H3. The van der Waals surface area contributed by atoms with Gasteiger partial charge in [-0.2, -0.15) is 0 Å². The van der Waals surface area contributed by atoms with Crippen molar-refractivity contribution in [2.45, 2.75) is 44.8 Å². The number of hydrogen-bond acceptors (Lipinski definition) is 4. The number of rotatable bonds is 6. The van der Waals surface area contributed by atoms with Crippen LogP contribution >= 0.6 is 0 Å². The highest BCUT2D eigenvalue weighted by molar-refractivity contribution is 4.77. The molecule has 3 unspecified atom stereocenters. The maximum absolute atomic E-state index is 5.58. The van der Waals surface area contributed by atoms with Crippen LogP contribution in [0.15, 0.2) is 0 Å². The predicted octanol–water partition coefficient (Wildman–Crippen LogP) is 1.06. The molecule has 0 aliphatic carbocycles. The molecule has 0 aromatic heterocycles. The summed E-state index contributed by atoms with van der Waals surface area (Å²) in [6.45, 7) is 3.84. The van der Waals surface area contributed by atoms with E-state index in [9.17, 15) is 0 Å². The molecular formula is C11H24N2O2. The Balaban J connectivity index is 2.27. The maximum atomic E-state index is 5.58. The number of hydrazine groups is 1. The first-order chi connectivity index (χ1) is 7.27. The van der Waals surface area contributed by atoms with Gasteiger partial charge in [-0.15, -0.1) is 0 Å². The van der Waals surface area contributed by atoms with Crippen LogP contribution in [0, 0.1) is 5.92 Å². The predicted molar refractivity (Wildman–Crippen MR) is 60.4 cm³/mol. The normalized spacial score (nSPS) is 26.2. The number of hydrogen-bond donors (Lipinski definition) is 2. The van der Waals surface area contributed by atoms with Crippen LogP contribution in [0.3, 0.4) is 0 Å². The summed E-state index contributed by atoms with van der Waals surface area (Å²) in [5, 5.41) is 0. The van der Waals surface area contributed by atoms with Gasteiger partial charge in [-0.3, -0.25) is 11.3 Å². The van der Waals surface area contributed by atoms with Crippen molar-refractivity contribution in [3.05, 3.63) is 0 Å². The Morgan fingerprint density at radius 2 is 2.33 bits per heavy atom. The molecule has 0 aromatic rings. The van der Waals surface area contributed by atoms with E-state index in [4.69, 9.17) is 15.3 Å². The molecule has 0 radical (unpaired) electrons. The molecule has 1 aliphatic heterocycles. The van der Waals surface area contributed by atoms with Crippen molar-refractivity contribution in [1.29, 1.82) is 0 Å². The van der Waals surface area contributed by atoms with Gasteiger partial charge in [0, 0.05) is 19.8 Å². The molecule has 1 rings (SSSR count). The Bertz CT molecular complexity index is 161. The Morgan fingerprint density at radius 1 is 1.53 bits per heavy atom. The quantitative estimate of drug-likeness (QED) is 0.515. The van der Waals surface area contributed by atoms with Gasteiger partial charge in [-0.05, 0) is 38.5 Å². The van der Waals surface area contributed by atoms with Gasteiger partial charge in [0.1, 0.15) is 0 Å². The van der Waals surface area contributed by atoms with E-state index in [0.717, 1.165) is 32.5 Å². The first kappa shape index (κ1) is 12.9. The summed E-state index contributed by atoms with van der Waals surface area (Å²) in [5.41, 5.74) is 2.92. The molecule has 15 heavy (non-hydrogen) atoms. The third-order valence-corrected chi connectivity index (χ3v) is 3.27. The molecule has 1 aliphatic rings. The van der Waals surface area contributed by atoms with Crippen molar-refractivity contribution < 1.29 is 9.47 Å². The number of nitrogens with two attached hydrogens (primary N) is 1. The molecule has 3 atom stereocenters. The monoisotopic (exact) mass is 216 g/mol. The van der Waals surface area contributed by atoms with Gasteiger partial charge in [-0.25, -0.2) is 0 Å². The maximum Gasteiger partial charge on any atom is 0.0543 e. The van der Waals surface area contributed by atoms with Gasteiger partial charge in [0.25, 0.3) is 0 Å². The third-order valence-electron chi connectivity index (χ3n) is 3.27. The zero-order chi connectivity index (χ0) is 11.1. The zero-order valence-electron chi connectivity index (χ0n) is 9.87. The van der Waals surface area contributed by atoms with Crippen LogP contribution in [0.5, 0.6) is 0 Å². The van der Waals surface area contributed by atoms with E-state index in [-0.39, 0.29) is 0 Å². The van der Waals surface area contributed by atoms with E-state index in [0.29, 0.717) is 18.1 Å². The minimum absolute atomic E-state index is 0.311. The second-order valence-corrected chi connectivity index (χ2v) is 4.37. The molecule has 3 N–H and O–H groups in total. The van der Waals surface area contributed by atoms with E-state index in [2.05, 4.69) is 12.3 Å². The Hall–Kier alpha value is -0.160. The van der Waals surface area contributed by atoms with E-state index in [1.807, 2.05) is 0 Å². The summed E-state index contributed by atoms with van der Waals surface area (Å²) < 4.78 is 10.7. The van der Waals surface area contributed by atoms with Gasteiger partial charge in [0.15, 0.2) is 0 Å². The fourth-order valence-electron chi connectivity index (χ4n) is 2.07. The summed E-state index contributed by atoms with van der Waals surface area (Å²) in [6.07, 6.45) is 4.78. The minimum Gasteiger partial charge on any atom is -0.382 e. The highest BCUT2D eigenvalue weighted by atomic mass is 16.5. The lowest BCUT2D eigenvalue weighted by Gasteiger charge is -2.30. The zero-order valence-corrected chi connectivity index (χ0v) is 9.87. The van der Waals surface area contributed by atoms with E-state index < -0.39 is 0 Å². The largest absolute Gasteiger partial charge is 0.382 e. The van der Waals surface area contributed by atoms with E-state index in [1.54, 1.807) is 7.11 Å². The van der Waals surface area contributed by atoms with Crippen molar-refractivity contribution in [3.8, 4) is 0 Å². The molecule has 4 heteroatoms. The van der Waals surface area contributed by atoms with Crippen LogP contribution in [0.4, 0.5) is 0 Å². The highest BCUT2D eigenvalue weighted by Gasteiger charge is 2.23. The van der Waals surface area contributed by atoms with Crippen LogP contribution in [-0.4, -0.2) is 32.5 Å². The lowest BCUT2D eigenvalue weighted by atomic mass is 9.90. The van der Waals surface area contributed by atoms with E-state index >= 15 is 0 Å². The molecule has 0 aromatic carbocycles. The summed E-state index contributed by atoms with van der Waals surface area (Å²) in [7, 11) is 1.75. The van der Waals surface area contributed by atoms with Crippen molar-refractivity contribution >= 4 is 0 Å². The van der Waals surface area contributed by atoms with Crippen LogP contribution in [0.2, 0.25) is 0 Å². The SMILES string of the molecule is COC(C)CCC(NN)C1CCCOC1. The Morgan fingerprint density at radius 3 is 2.87 bits per heavy atom. The molecule has 1 saturated heterocycles. The minimum atomic E-state index is 0.311. The Kier molecular flexibility index (Phi) is 6.17. The molecule has 90 valence electrons. The van der Waals surface area contributed by atoms with Gasteiger partial charge in [0.2, 0.25) is 0 Å². The lowest BCUT2D eigenvalue weighted by Crippen LogP contribution is -2.44. The topological polar surface area (TPSA) is 56.5 Å².